The highest BCUT2D eigenvalue weighted by Crippen LogP contribution is 2.35. The monoisotopic (exact) mass is 212 g/mol. The molecule has 5 heteroatoms. The molecule has 14 heavy (non-hydrogen) atoms. The summed E-state index contributed by atoms with van der Waals surface area (Å²) in [5.41, 5.74) is 0. The molecule has 0 saturated carbocycles. The smallest absolute Gasteiger partial charge is 0.313 e. The normalized spacial score (nSPS) is 12.9. The Kier molecular flexibility index (Phi) is 2.49. The summed E-state index contributed by atoms with van der Waals surface area (Å²) >= 11 is 1.26. The maximum absolute atomic E-state index is 10.3. The van der Waals surface area contributed by atoms with Gasteiger partial charge in [-0.15, -0.1) is 11.8 Å². The van der Waals surface area contributed by atoms with Crippen molar-refractivity contribution < 1.29 is 19.4 Å². The van der Waals surface area contributed by atoms with Crippen molar-refractivity contribution in [3.8, 4) is 11.5 Å². The Hall–Kier alpha value is -1.36. The van der Waals surface area contributed by atoms with E-state index in [1.807, 2.05) is 6.07 Å². The lowest BCUT2D eigenvalue weighted by Crippen LogP contribution is -1.97. The average Bonchev–Trinajstić information content (AvgIpc) is 2.61. The van der Waals surface area contributed by atoms with Crippen LogP contribution in [0, 0.1) is 0 Å². The van der Waals surface area contributed by atoms with Crippen LogP contribution in [0.25, 0.3) is 0 Å². The van der Waals surface area contributed by atoms with Crippen LogP contribution in [0.1, 0.15) is 0 Å². The van der Waals surface area contributed by atoms with E-state index in [1.54, 1.807) is 12.1 Å². The Morgan fingerprint density at radius 3 is 3.00 bits per heavy atom. The van der Waals surface area contributed by atoms with Crippen LogP contribution in [0.3, 0.4) is 0 Å². The molecule has 0 radical (unpaired) electrons. The Balaban J connectivity index is 2.09. The van der Waals surface area contributed by atoms with Gasteiger partial charge in [0.2, 0.25) is 6.79 Å². The number of rotatable bonds is 3. The molecule has 1 aromatic carbocycles. The second-order valence-corrected chi connectivity index (χ2v) is 3.75. The summed E-state index contributed by atoms with van der Waals surface area (Å²) in [5.74, 6) is 0.623. The van der Waals surface area contributed by atoms with Gasteiger partial charge in [-0.3, -0.25) is 4.79 Å². The van der Waals surface area contributed by atoms with Crippen LogP contribution in [-0.2, 0) is 4.79 Å². The molecule has 0 saturated heterocycles. The molecule has 0 aliphatic carbocycles. The molecule has 0 fully saturated rings. The van der Waals surface area contributed by atoms with Crippen LogP contribution in [0.15, 0.2) is 23.1 Å². The summed E-state index contributed by atoms with van der Waals surface area (Å²) in [5, 5.41) is 8.49. The van der Waals surface area contributed by atoms with Crippen LogP contribution < -0.4 is 9.47 Å². The molecule has 1 aliphatic heterocycles. The number of benzene rings is 1. The molecule has 0 bridgehead atoms. The second kappa shape index (κ2) is 3.79. The molecule has 1 aromatic rings. The van der Waals surface area contributed by atoms with Gasteiger partial charge in [-0.25, -0.2) is 0 Å². The predicted molar refractivity (Wildman–Crippen MR) is 50.9 cm³/mol. The third kappa shape index (κ3) is 1.93. The van der Waals surface area contributed by atoms with Crippen LogP contribution in [0.5, 0.6) is 11.5 Å². The fourth-order valence-electron chi connectivity index (χ4n) is 1.11. The van der Waals surface area contributed by atoms with E-state index < -0.39 is 5.97 Å². The summed E-state index contributed by atoms with van der Waals surface area (Å²) in [6, 6.07) is 5.39. The number of aliphatic carboxylic acids is 1. The molecular formula is C9H8O4S. The zero-order valence-corrected chi connectivity index (χ0v) is 8.04. The number of fused-ring (bicyclic) bond motifs is 1. The largest absolute Gasteiger partial charge is 0.481 e. The van der Waals surface area contributed by atoms with Crippen molar-refractivity contribution in [3.05, 3.63) is 18.2 Å². The van der Waals surface area contributed by atoms with Crippen molar-refractivity contribution in [2.45, 2.75) is 4.90 Å². The fraction of sp³-hybridized carbons (Fsp3) is 0.222. The quantitative estimate of drug-likeness (QED) is 0.771. The minimum Gasteiger partial charge on any atom is -0.481 e. The minimum atomic E-state index is -0.826. The van der Waals surface area contributed by atoms with Gasteiger partial charge in [0.1, 0.15) is 0 Å². The van der Waals surface area contributed by atoms with Gasteiger partial charge in [-0.05, 0) is 18.2 Å². The van der Waals surface area contributed by atoms with Crippen LogP contribution >= 0.6 is 11.8 Å². The highest BCUT2D eigenvalue weighted by molar-refractivity contribution is 8.00. The zero-order chi connectivity index (χ0) is 9.97. The predicted octanol–water partition coefficient (Wildman–Crippen LogP) is 1.59. The van der Waals surface area contributed by atoms with E-state index in [-0.39, 0.29) is 12.5 Å². The van der Waals surface area contributed by atoms with Crippen LogP contribution in [0.4, 0.5) is 0 Å². The van der Waals surface area contributed by atoms with E-state index in [9.17, 15) is 4.79 Å². The van der Waals surface area contributed by atoms with Gasteiger partial charge in [-0.2, -0.15) is 0 Å². The summed E-state index contributed by atoms with van der Waals surface area (Å²) in [6.45, 7) is 0.238. The molecule has 0 atom stereocenters. The van der Waals surface area contributed by atoms with Gasteiger partial charge in [0.05, 0.1) is 5.75 Å². The first kappa shape index (κ1) is 9.21. The average molecular weight is 212 g/mol. The number of carboxylic acids is 1. The van der Waals surface area contributed by atoms with Crippen LogP contribution in [0.2, 0.25) is 0 Å². The van der Waals surface area contributed by atoms with Crippen molar-refractivity contribution in [2.75, 3.05) is 12.5 Å². The molecule has 0 spiro atoms. The molecule has 74 valence electrons. The van der Waals surface area contributed by atoms with Gasteiger partial charge in [0.15, 0.2) is 11.5 Å². The Bertz CT molecular complexity index is 364. The Morgan fingerprint density at radius 2 is 2.21 bits per heavy atom. The number of thioether (sulfide) groups is 1. The zero-order valence-electron chi connectivity index (χ0n) is 7.23. The molecule has 1 heterocycles. The summed E-state index contributed by atoms with van der Waals surface area (Å²) in [6.07, 6.45) is 0. The van der Waals surface area contributed by atoms with Crippen molar-refractivity contribution in [2.24, 2.45) is 0 Å². The Labute approximate surface area is 84.8 Å². The minimum absolute atomic E-state index is 0.0552. The molecule has 4 nitrogen and oxygen atoms in total. The van der Waals surface area contributed by atoms with Gasteiger partial charge >= 0.3 is 5.97 Å². The molecular weight excluding hydrogens is 204 g/mol. The van der Waals surface area contributed by atoms with Gasteiger partial charge < -0.3 is 14.6 Å². The maximum atomic E-state index is 10.3. The third-order valence-electron chi connectivity index (χ3n) is 1.71. The number of hydrogen-bond donors (Lipinski definition) is 1. The lowest BCUT2D eigenvalue weighted by atomic mass is 10.3. The number of carboxylic acid groups (broad SMARTS) is 1. The van der Waals surface area contributed by atoms with E-state index in [1.165, 1.54) is 11.8 Å². The van der Waals surface area contributed by atoms with Gasteiger partial charge in [0, 0.05) is 4.90 Å². The topological polar surface area (TPSA) is 55.8 Å². The van der Waals surface area contributed by atoms with E-state index >= 15 is 0 Å². The molecule has 1 N–H and O–H groups in total. The molecule has 2 rings (SSSR count). The lowest BCUT2D eigenvalue weighted by Gasteiger charge is -2.00. The second-order valence-electron chi connectivity index (χ2n) is 2.70. The molecule has 0 amide bonds. The first-order valence-corrected chi connectivity index (χ1v) is 4.98. The third-order valence-corrected chi connectivity index (χ3v) is 2.68. The molecule has 0 aromatic heterocycles. The van der Waals surface area contributed by atoms with E-state index in [2.05, 4.69) is 0 Å². The van der Waals surface area contributed by atoms with Crippen molar-refractivity contribution >= 4 is 17.7 Å². The first-order chi connectivity index (χ1) is 6.75. The fourth-order valence-corrected chi connectivity index (χ4v) is 1.76. The molecule has 0 unspecified atom stereocenters. The highest BCUT2D eigenvalue weighted by atomic mass is 32.2. The van der Waals surface area contributed by atoms with Gasteiger partial charge in [0.25, 0.3) is 0 Å². The van der Waals surface area contributed by atoms with Crippen LogP contribution in [-0.4, -0.2) is 23.6 Å². The lowest BCUT2D eigenvalue weighted by molar-refractivity contribution is -0.133. The van der Waals surface area contributed by atoms with Crippen molar-refractivity contribution in [1.29, 1.82) is 0 Å². The standard InChI is InChI=1S/C9H8O4S/c10-9(11)4-14-6-1-2-7-8(3-6)13-5-12-7/h1-3H,4-5H2,(H,10,11). The highest BCUT2D eigenvalue weighted by Gasteiger charge is 2.13. The van der Waals surface area contributed by atoms with E-state index in [0.717, 1.165) is 4.90 Å². The van der Waals surface area contributed by atoms with Gasteiger partial charge in [-0.1, -0.05) is 0 Å². The Morgan fingerprint density at radius 1 is 1.43 bits per heavy atom. The summed E-state index contributed by atoms with van der Waals surface area (Å²) in [7, 11) is 0. The number of hydrogen-bond acceptors (Lipinski definition) is 4. The van der Waals surface area contributed by atoms with Crippen molar-refractivity contribution in [1.82, 2.24) is 0 Å². The maximum Gasteiger partial charge on any atom is 0.313 e. The summed E-state index contributed by atoms with van der Waals surface area (Å²) in [4.78, 5) is 11.2. The summed E-state index contributed by atoms with van der Waals surface area (Å²) < 4.78 is 10.3. The number of carbonyl (C=O) groups is 1. The van der Waals surface area contributed by atoms with E-state index in [4.69, 9.17) is 14.6 Å². The number of ether oxygens (including phenoxy) is 2. The first-order valence-electron chi connectivity index (χ1n) is 4.00. The van der Waals surface area contributed by atoms with E-state index in [0.29, 0.717) is 11.5 Å². The van der Waals surface area contributed by atoms with Crippen molar-refractivity contribution in [3.63, 3.8) is 0 Å². The SMILES string of the molecule is O=C(O)CSc1ccc2c(c1)OCO2. The molecule has 1 aliphatic rings.